The van der Waals surface area contributed by atoms with Crippen LogP contribution in [0.1, 0.15) is 48.0 Å². The summed E-state index contributed by atoms with van der Waals surface area (Å²) in [6.07, 6.45) is 2.47. The summed E-state index contributed by atoms with van der Waals surface area (Å²) >= 11 is 6.21. The summed E-state index contributed by atoms with van der Waals surface area (Å²) in [5, 5.41) is 11.5. The van der Waals surface area contributed by atoms with Gasteiger partial charge in [-0.25, -0.2) is 9.59 Å². The third kappa shape index (κ3) is 9.08. The number of ether oxygens (including phenoxy) is 2. The lowest BCUT2D eigenvalue weighted by Crippen LogP contribution is -2.51. The molecule has 230 valence electrons. The molecule has 0 unspecified atom stereocenters. The zero-order valence-electron chi connectivity index (χ0n) is 24.0. The van der Waals surface area contributed by atoms with Gasteiger partial charge in [0.25, 0.3) is 5.91 Å². The Balaban J connectivity index is 1.49. The number of nitrogens with zero attached hydrogens (tertiary/aromatic N) is 1. The molecule has 12 nitrogen and oxygen atoms in total. The maximum Gasteiger partial charge on any atom is 0.411 e. The van der Waals surface area contributed by atoms with Crippen molar-refractivity contribution in [2.45, 2.75) is 44.6 Å². The third-order valence-electron chi connectivity index (χ3n) is 7.46. The molecule has 4 rings (SSSR count). The van der Waals surface area contributed by atoms with E-state index in [0.717, 1.165) is 24.8 Å². The predicted molar refractivity (Wildman–Crippen MR) is 160 cm³/mol. The van der Waals surface area contributed by atoms with E-state index in [0.29, 0.717) is 35.8 Å². The topological polar surface area (TPSA) is 155 Å². The largest absolute Gasteiger partial charge is 0.453 e. The number of benzene rings is 2. The van der Waals surface area contributed by atoms with Crippen molar-refractivity contribution in [3.05, 3.63) is 58.6 Å². The molecule has 0 aromatic heterocycles. The molecule has 1 aliphatic carbocycles. The van der Waals surface area contributed by atoms with E-state index < -0.39 is 24.1 Å². The Hall–Kier alpha value is -4.32. The molecule has 5 amide bonds. The molecule has 1 heterocycles. The molecule has 2 aromatic rings. The Morgan fingerprint density at radius 2 is 1.86 bits per heavy atom. The lowest BCUT2D eigenvalue weighted by atomic mass is 9.85. The van der Waals surface area contributed by atoms with Crippen molar-refractivity contribution in [3.8, 4) is 0 Å². The quantitative estimate of drug-likeness (QED) is 0.351. The first-order valence-electron chi connectivity index (χ1n) is 14.3. The van der Waals surface area contributed by atoms with Crippen LogP contribution in [-0.4, -0.2) is 74.2 Å². The fourth-order valence-corrected chi connectivity index (χ4v) is 4.99. The average molecular weight is 614 g/mol. The minimum atomic E-state index is -0.938. The molecule has 43 heavy (non-hydrogen) atoms. The number of halogens is 1. The number of amides is 5. The van der Waals surface area contributed by atoms with Crippen LogP contribution in [0.3, 0.4) is 0 Å². The zero-order valence-corrected chi connectivity index (χ0v) is 24.7. The molecule has 13 heteroatoms. The Kier molecular flexibility index (Phi) is 11.2. The zero-order chi connectivity index (χ0) is 30.8. The number of nitrogens with one attached hydrogen (secondary N) is 4. The van der Waals surface area contributed by atoms with Crippen molar-refractivity contribution < 1.29 is 33.4 Å². The number of carbonyl (C=O) groups is 5. The van der Waals surface area contributed by atoms with Gasteiger partial charge >= 0.3 is 12.2 Å². The first kappa shape index (κ1) is 31.6. The van der Waals surface area contributed by atoms with Crippen LogP contribution >= 0.6 is 11.6 Å². The van der Waals surface area contributed by atoms with E-state index >= 15 is 0 Å². The van der Waals surface area contributed by atoms with Crippen LogP contribution in [0.25, 0.3) is 0 Å². The highest BCUT2D eigenvalue weighted by molar-refractivity contribution is 6.30. The normalized spacial score (nSPS) is 16.1. The van der Waals surface area contributed by atoms with E-state index in [2.05, 4.69) is 26.0 Å². The molecule has 4 N–H and O–H groups in total. The molecule has 0 bridgehead atoms. The summed E-state index contributed by atoms with van der Waals surface area (Å²) in [4.78, 5) is 64.9. The first-order valence-corrected chi connectivity index (χ1v) is 14.7. The second kappa shape index (κ2) is 15.2. The highest BCUT2D eigenvalue weighted by atomic mass is 35.5. The van der Waals surface area contributed by atoms with Gasteiger partial charge in [0.05, 0.1) is 13.7 Å². The Bertz CT molecular complexity index is 1330. The minimum absolute atomic E-state index is 0.00459. The number of anilines is 2. The lowest BCUT2D eigenvalue weighted by molar-refractivity contribution is -0.134. The van der Waals surface area contributed by atoms with Crippen LogP contribution in [0.5, 0.6) is 0 Å². The fourth-order valence-electron chi connectivity index (χ4n) is 4.79. The molecular weight excluding hydrogens is 578 g/mol. The lowest BCUT2D eigenvalue weighted by Gasteiger charge is -2.29. The predicted octanol–water partition coefficient (Wildman–Crippen LogP) is 3.95. The number of hydrogen-bond acceptors (Lipinski definition) is 7. The van der Waals surface area contributed by atoms with E-state index in [9.17, 15) is 24.0 Å². The number of cyclic esters (lactones) is 1. The molecule has 0 saturated heterocycles. The number of hydrogen-bond donors (Lipinski definition) is 4. The van der Waals surface area contributed by atoms with Gasteiger partial charge in [0.1, 0.15) is 6.04 Å². The summed E-state index contributed by atoms with van der Waals surface area (Å²) in [7, 11) is 1.25. The molecule has 2 aromatic carbocycles. The van der Waals surface area contributed by atoms with Crippen molar-refractivity contribution in [3.63, 3.8) is 0 Å². The van der Waals surface area contributed by atoms with Gasteiger partial charge < -0.3 is 25.0 Å². The van der Waals surface area contributed by atoms with Crippen molar-refractivity contribution in [2.75, 3.05) is 44.0 Å². The SMILES string of the molecule is COC(=O)Nc1ccc(C(=O)N[C@@H](CCNC(=O)C2CCC2)C(=O)N2CCCOC(=O)Nc3ccc(Cl)cc3CC2)cc1. The Labute approximate surface area is 254 Å². The molecule has 1 atom stereocenters. The van der Waals surface area contributed by atoms with Crippen LogP contribution in [0.15, 0.2) is 42.5 Å². The number of carbonyl (C=O) groups excluding carboxylic acids is 5. The maximum absolute atomic E-state index is 13.9. The standard InChI is InChI=1S/C30H36ClN5O7/c1-42-29(40)33-23-9-6-20(7-10-23)27(38)34-25(12-14-32-26(37)19-4-2-5-19)28(39)36-15-3-17-43-30(41)35-24-11-8-22(31)18-21(24)13-16-36/h6-11,18-19,25H,2-5,12-17H2,1H3,(H,32,37)(H,33,40)(H,34,38)(H,35,41)/t25-/m0/s1. The van der Waals surface area contributed by atoms with E-state index in [1.165, 1.54) is 19.2 Å². The van der Waals surface area contributed by atoms with Gasteiger partial charge in [-0.1, -0.05) is 18.0 Å². The van der Waals surface area contributed by atoms with E-state index in [-0.39, 0.29) is 49.4 Å². The van der Waals surface area contributed by atoms with Gasteiger partial charge in [-0.3, -0.25) is 25.0 Å². The molecule has 1 fully saturated rings. The summed E-state index contributed by atoms with van der Waals surface area (Å²) in [5.41, 5.74) is 2.00. The van der Waals surface area contributed by atoms with Crippen LogP contribution in [0, 0.1) is 5.92 Å². The molecule has 1 saturated carbocycles. The smallest absolute Gasteiger partial charge is 0.411 e. The molecule has 2 aliphatic rings. The first-order chi connectivity index (χ1) is 20.7. The second-order valence-corrected chi connectivity index (χ2v) is 10.9. The van der Waals surface area contributed by atoms with Crippen LogP contribution in [0.4, 0.5) is 21.0 Å². The van der Waals surface area contributed by atoms with Crippen molar-refractivity contribution >= 4 is 52.9 Å². The van der Waals surface area contributed by atoms with Crippen molar-refractivity contribution in [1.82, 2.24) is 15.5 Å². The van der Waals surface area contributed by atoms with Gasteiger partial charge in [0, 0.05) is 47.5 Å². The number of fused-ring (bicyclic) bond motifs is 1. The van der Waals surface area contributed by atoms with Crippen molar-refractivity contribution in [1.29, 1.82) is 0 Å². The van der Waals surface area contributed by atoms with E-state index in [4.69, 9.17) is 16.3 Å². The van der Waals surface area contributed by atoms with Gasteiger partial charge in [0.15, 0.2) is 0 Å². The van der Waals surface area contributed by atoms with Gasteiger partial charge in [0.2, 0.25) is 11.8 Å². The third-order valence-corrected chi connectivity index (χ3v) is 7.70. The molecule has 1 aliphatic heterocycles. The van der Waals surface area contributed by atoms with Gasteiger partial charge in [-0.05, 0) is 80.1 Å². The monoisotopic (exact) mass is 613 g/mol. The molecule has 0 spiro atoms. The van der Waals surface area contributed by atoms with Gasteiger partial charge in [-0.15, -0.1) is 0 Å². The highest BCUT2D eigenvalue weighted by Gasteiger charge is 2.29. The molecule has 0 radical (unpaired) electrons. The molecular formula is C30H36ClN5O7. The summed E-state index contributed by atoms with van der Waals surface area (Å²) < 4.78 is 9.85. The Morgan fingerprint density at radius 1 is 1.09 bits per heavy atom. The highest BCUT2D eigenvalue weighted by Crippen LogP contribution is 2.26. The Morgan fingerprint density at radius 3 is 2.56 bits per heavy atom. The van der Waals surface area contributed by atoms with E-state index in [1.54, 1.807) is 35.2 Å². The van der Waals surface area contributed by atoms with Crippen molar-refractivity contribution in [2.24, 2.45) is 5.92 Å². The second-order valence-electron chi connectivity index (χ2n) is 10.4. The van der Waals surface area contributed by atoms with E-state index in [1.807, 2.05) is 0 Å². The van der Waals surface area contributed by atoms with Crippen LogP contribution < -0.4 is 21.3 Å². The number of rotatable bonds is 8. The van der Waals surface area contributed by atoms with Gasteiger partial charge in [-0.2, -0.15) is 0 Å². The van der Waals surface area contributed by atoms with Crippen LogP contribution in [0.2, 0.25) is 5.02 Å². The summed E-state index contributed by atoms with van der Waals surface area (Å²) in [5.74, 6) is -0.857. The van der Waals surface area contributed by atoms with Crippen LogP contribution in [-0.2, 0) is 25.5 Å². The summed E-state index contributed by atoms with van der Waals surface area (Å²) in [6, 6.07) is 10.3. The fraction of sp³-hybridized carbons (Fsp3) is 0.433. The number of methoxy groups -OCH3 is 1. The maximum atomic E-state index is 13.9. The summed E-state index contributed by atoms with van der Waals surface area (Å²) in [6.45, 7) is 0.897. The average Bonchev–Trinajstić information content (AvgIpc) is 2.99. The minimum Gasteiger partial charge on any atom is -0.453 e.